The second-order valence-electron chi connectivity index (χ2n) is 3.08. The van der Waals surface area contributed by atoms with Crippen LogP contribution in [0.15, 0.2) is 0 Å². The second-order valence-corrected chi connectivity index (χ2v) is 3.08. The van der Waals surface area contributed by atoms with E-state index in [1.54, 1.807) is 0 Å². The van der Waals surface area contributed by atoms with Gasteiger partial charge in [-0.1, -0.05) is 20.3 Å². The van der Waals surface area contributed by atoms with Gasteiger partial charge >= 0.3 is 7.69 Å². The van der Waals surface area contributed by atoms with Crippen LogP contribution in [0.5, 0.6) is 0 Å². The van der Waals surface area contributed by atoms with E-state index in [1.165, 1.54) is 33.4 Å². The van der Waals surface area contributed by atoms with E-state index >= 15 is 0 Å². The minimum atomic E-state index is 0.398. The molecule has 63 valence electrons. The van der Waals surface area contributed by atoms with Crippen LogP contribution >= 0.6 is 0 Å². The number of hydrogen-bond acceptors (Lipinski definition) is 2. The van der Waals surface area contributed by atoms with Crippen molar-refractivity contribution in [3.8, 4) is 0 Å². The molecule has 1 saturated heterocycles. The first kappa shape index (κ1) is 9.08. The summed E-state index contributed by atoms with van der Waals surface area (Å²) >= 11 is 0. The molecule has 3 heteroatoms. The fraction of sp³-hybridized carbons (Fsp3) is 1.00. The molecule has 0 aromatic carbocycles. The van der Waals surface area contributed by atoms with Crippen molar-refractivity contribution >= 4 is 7.69 Å². The molecular formula is C8H16BO2. The SMILES string of the molecule is CCC.[B]1O[C@H]2CCC[C@H]2O1. The van der Waals surface area contributed by atoms with E-state index in [-0.39, 0.29) is 0 Å². The van der Waals surface area contributed by atoms with Gasteiger partial charge in [0.05, 0.1) is 12.2 Å². The molecule has 2 rings (SSSR count). The third-order valence-corrected chi connectivity index (χ3v) is 1.85. The van der Waals surface area contributed by atoms with Crippen molar-refractivity contribution in [2.75, 3.05) is 0 Å². The molecule has 1 radical (unpaired) electrons. The topological polar surface area (TPSA) is 18.5 Å². The fourth-order valence-electron chi connectivity index (χ4n) is 1.38. The van der Waals surface area contributed by atoms with E-state index in [4.69, 9.17) is 9.31 Å². The normalized spacial score (nSPS) is 33.6. The monoisotopic (exact) mass is 155 g/mol. The van der Waals surface area contributed by atoms with Crippen LogP contribution in [0.25, 0.3) is 0 Å². The minimum Gasteiger partial charge on any atom is -0.408 e. The lowest BCUT2D eigenvalue weighted by atomic mass is 10.3. The molecule has 2 atom stereocenters. The zero-order valence-electron chi connectivity index (χ0n) is 7.38. The number of hydrogen-bond donors (Lipinski definition) is 0. The lowest BCUT2D eigenvalue weighted by molar-refractivity contribution is 0.187. The van der Waals surface area contributed by atoms with Gasteiger partial charge in [-0.05, 0) is 19.3 Å². The van der Waals surface area contributed by atoms with Crippen LogP contribution < -0.4 is 0 Å². The van der Waals surface area contributed by atoms with Crippen molar-refractivity contribution in [3.63, 3.8) is 0 Å². The van der Waals surface area contributed by atoms with Crippen molar-refractivity contribution in [1.29, 1.82) is 0 Å². The van der Waals surface area contributed by atoms with Crippen LogP contribution in [0.3, 0.4) is 0 Å². The maximum atomic E-state index is 5.13. The molecule has 0 unspecified atom stereocenters. The van der Waals surface area contributed by atoms with Crippen molar-refractivity contribution < 1.29 is 9.31 Å². The third kappa shape index (κ3) is 2.49. The van der Waals surface area contributed by atoms with E-state index in [0.29, 0.717) is 12.2 Å². The summed E-state index contributed by atoms with van der Waals surface area (Å²) < 4.78 is 10.3. The lowest BCUT2D eigenvalue weighted by Crippen LogP contribution is -2.13. The summed E-state index contributed by atoms with van der Waals surface area (Å²) in [6, 6.07) is 0. The van der Waals surface area contributed by atoms with Crippen LogP contribution in [-0.2, 0) is 9.31 Å². The summed E-state index contributed by atoms with van der Waals surface area (Å²) in [5, 5.41) is 0. The Morgan fingerprint density at radius 3 is 2.09 bits per heavy atom. The van der Waals surface area contributed by atoms with Gasteiger partial charge in [0, 0.05) is 0 Å². The number of fused-ring (bicyclic) bond motifs is 1. The predicted molar refractivity (Wildman–Crippen MR) is 45.3 cm³/mol. The van der Waals surface area contributed by atoms with Gasteiger partial charge in [-0.15, -0.1) is 0 Å². The maximum Gasteiger partial charge on any atom is 0.488 e. The zero-order valence-corrected chi connectivity index (χ0v) is 7.38. The molecule has 1 aliphatic heterocycles. The van der Waals surface area contributed by atoms with E-state index < -0.39 is 0 Å². The van der Waals surface area contributed by atoms with Gasteiger partial charge in [0.2, 0.25) is 0 Å². The number of rotatable bonds is 0. The van der Waals surface area contributed by atoms with Gasteiger partial charge < -0.3 is 9.31 Å². The highest BCUT2D eigenvalue weighted by Gasteiger charge is 2.34. The Hall–Kier alpha value is -0.0151. The molecule has 2 fully saturated rings. The molecule has 0 amide bonds. The molecule has 1 aliphatic carbocycles. The molecule has 1 saturated carbocycles. The van der Waals surface area contributed by atoms with Gasteiger partial charge in [0.1, 0.15) is 0 Å². The van der Waals surface area contributed by atoms with E-state index in [9.17, 15) is 0 Å². The van der Waals surface area contributed by atoms with Crippen LogP contribution in [0.2, 0.25) is 0 Å². The first-order valence-corrected chi connectivity index (χ1v) is 4.51. The van der Waals surface area contributed by atoms with E-state index in [2.05, 4.69) is 13.8 Å². The highest BCUT2D eigenvalue weighted by Crippen LogP contribution is 2.27. The summed E-state index contributed by atoms with van der Waals surface area (Å²) in [7, 11) is 1.48. The molecular weight excluding hydrogens is 139 g/mol. The summed E-state index contributed by atoms with van der Waals surface area (Å²) in [5.41, 5.74) is 0. The maximum absolute atomic E-state index is 5.13. The lowest BCUT2D eigenvalue weighted by Gasteiger charge is -2.04. The highest BCUT2D eigenvalue weighted by molar-refractivity contribution is 6.19. The Morgan fingerprint density at radius 1 is 1.18 bits per heavy atom. The Morgan fingerprint density at radius 2 is 1.64 bits per heavy atom. The molecule has 0 aromatic rings. The van der Waals surface area contributed by atoms with Gasteiger partial charge in [0.25, 0.3) is 0 Å². The van der Waals surface area contributed by atoms with Crippen LogP contribution in [0.1, 0.15) is 39.5 Å². The van der Waals surface area contributed by atoms with Crippen LogP contribution in [0.4, 0.5) is 0 Å². The van der Waals surface area contributed by atoms with Gasteiger partial charge in [-0.25, -0.2) is 0 Å². The molecule has 1 heterocycles. The molecule has 2 nitrogen and oxygen atoms in total. The smallest absolute Gasteiger partial charge is 0.408 e. The molecule has 0 bridgehead atoms. The Bertz CT molecular complexity index is 88.3. The van der Waals surface area contributed by atoms with Crippen molar-refractivity contribution in [3.05, 3.63) is 0 Å². The standard InChI is InChI=1S/C5H8BO2.C3H8/c1-2-4-5(3-1)8-6-7-4;1-3-2/h4-5H,1-3H2;3H2,1-2H3/t4-,5+;. The van der Waals surface area contributed by atoms with Gasteiger partial charge in [-0.3, -0.25) is 0 Å². The average Bonchev–Trinajstić information content (AvgIpc) is 2.44. The second kappa shape index (κ2) is 4.78. The van der Waals surface area contributed by atoms with Crippen molar-refractivity contribution in [1.82, 2.24) is 0 Å². The fourth-order valence-corrected chi connectivity index (χ4v) is 1.38. The molecule has 11 heavy (non-hydrogen) atoms. The summed E-state index contributed by atoms with van der Waals surface area (Å²) in [6.45, 7) is 4.25. The predicted octanol–water partition coefficient (Wildman–Crippen LogP) is 1.90. The molecule has 0 N–H and O–H groups in total. The zero-order chi connectivity index (χ0) is 8.10. The molecule has 0 aromatic heterocycles. The average molecular weight is 155 g/mol. The van der Waals surface area contributed by atoms with Gasteiger partial charge in [0.15, 0.2) is 0 Å². The summed E-state index contributed by atoms with van der Waals surface area (Å²) in [5.74, 6) is 0. The Balaban J connectivity index is 0.000000179. The Labute approximate surface area is 69.6 Å². The quantitative estimate of drug-likeness (QED) is 0.497. The minimum absolute atomic E-state index is 0.398. The van der Waals surface area contributed by atoms with E-state index in [0.717, 1.165) is 0 Å². The summed E-state index contributed by atoms with van der Waals surface area (Å²) in [4.78, 5) is 0. The van der Waals surface area contributed by atoms with Crippen LogP contribution in [0, 0.1) is 0 Å². The Kier molecular flexibility index (Phi) is 3.94. The summed E-state index contributed by atoms with van der Waals surface area (Å²) in [6.07, 6.45) is 5.68. The molecule has 0 spiro atoms. The highest BCUT2D eigenvalue weighted by atomic mass is 16.6. The third-order valence-electron chi connectivity index (χ3n) is 1.85. The van der Waals surface area contributed by atoms with Crippen LogP contribution in [-0.4, -0.2) is 19.9 Å². The van der Waals surface area contributed by atoms with Crippen molar-refractivity contribution in [2.24, 2.45) is 0 Å². The first-order chi connectivity index (χ1) is 5.38. The van der Waals surface area contributed by atoms with Gasteiger partial charge in [-0.2, -0.15) is 0 Å². The first-order valence-electron chi connectivity index (χ1n) is 4.51. The van der Waals surface area contributed by atoms with Crippen molar-refractivity contribution in [2.45, 2.75) is 51.7 Å². The molecule has 2 aliphatic rings. The largest absolute Gasteiger partial charge is 0.488 e. The van der Waals surface area contributed by atoms with E-state index in [1.807, 2.05) is 0 Å².